The van der Waals surface area contributed by atoms with E-state index in [1.807, 2.05) is 50.6 Å². The maximum atomic E-state index is 12.0. The van der Waals surface area contributed by atoms with Gasteiger partial charge in [-0.25, -0.2) is 4.79 Å². The van der Waals surface area contributed by atoms with Gasteiger partial charge in [0.25, 0.3) is 0 Å². The molecule has 4 nitrogen and oxygen atoms in total. The number of benzene rings is 1. The van der Waals surface area contributed by atoms with Crippen molar-refractivity contribution in [1.29, 1.82) is 0 Å². The lowest BCUT2D eigenvalue weighted by molar-refractivity contribution is 0.0502. The van der Waals surface area contributed by atoms with E-state index < -0.39 is 5.60 Å². The molecule has 0 radical (unpaired) electrons. The van der Waals surface area contributed by atoms with Crippen molar-refractivity contribution in [1.82, 2.24) is 10.6 Å². The highest BCUT2D eigenvalue weighted by Gasteiger charge is 2.27. The Morgan fingerprint density at radius 3 is 2.67 bits per heavy atom. The lowest BCUT2D eigenvalue weighted by Gasteiger charge is -2.27. The fraction of sp³-hybridized carbons (Fsp3) is 0.438. The predicted molar refractivity (Wildman–Crippen MR) is 87.0 cm³/mol. The van der Waals surface area contributed by atoms with E-state index >= 15 is 0 Å². The summed E-state index contributed by atoms with van der Waals surface area (Å²) < 4.78 is 5.36. The van der Waals surface area contributed by atoms with Gasteiger partial charge in [0.05, 0.1) is 11.4 Å². The number of amides is 1. The zero-order chi connectivity index (χ0) is 15.3. The summed E-state index contributed by atoms with van der Waals surface area (Å²) in [7, 11) is 0. The fourth-order valence-electron chi connectivity index (χ4n) is 2.07. The molecule has 0 spiro atoms. The van der Waals surface area contributed by atoms with Crippen LogP contribution < -0.4 is 10.6 Å². The number of thioether (sulfide) groups is 1. The van der Waals surface area contributed by atoms with Crippen molar-refractivity contribution in [2.45, 2.75) is 44.2 Å². The highest BCUT2D eigenvalue weighted by Crippen LogP contribution is 2.21. The molecule has 0 aliphatic carbocycles. The van der Waals surface area contributed by atoms with Crippen LogP contribution in [0.1, 0.15) is 26.3 Å². The van der Waals surface area contributed by atoms with Crippen LogP contribution in [0.15, 0.2) is 41.9 Å². The van der Waals surface area contributed by atoms with Crippen molar-refractivity contribution in [3.8, 4) is 0 Å². The van der Waals surface area contributed by atoms with Crippen LogP contribution in [0.5, 0.6) is 0 Å². The van der Waals surface area contributed by atoms with Gasteiger partial charge >= 0.3 is 6.09 Å². The van der Waals surface area contributed by atoms with Crippen molar-refractivity contribution < 1.29 is 9.53 Å². The molecular weight excluding hydrogens is 284 g/mol. The number of nitrogens with one attached hydrogen (secondary N) is 2. The first-order valence-corrected chi connectivity index (χ1v) is 7.98. The van der Waals surface area contributed by atoms with Gasteiger partial charge in [-0.15, -0.1) is 11.8 Å². The van der Waals surface area contributed by atoms with Crippen LogP contribution in [0.3, 0.4) is 0 Å². The second kappa shape index (κ2) is 6.89. The number of ether oxygens (including phenoxy) is 1. The van der Waals surface area contributed by atoms with E-state index in [1.54, 1.807) is 11.8 Å². The van der Waals surface area contributed by atoms with E-state index in [0.29, 0.717) is 0 Å². The number of rotatable bonds is 4. The summed E-state index contributed by atoms with van der Waals surface area (Å²) in [6, 6.07) is 10.1. The standard InChI is InChI=1S/C16H22N2O2S/c1-16(2,3)20-15(19)18-13(14-17-9-10-21-14)11-12-7-5-4-6-8-12/h4-10,13-14,17H,11H2,1-3H3,(H,18,19). The molecule has 0 fully saturated rings. The summed E-state index contributed by atoms with van der Waals surface area (Å²) in [5, 5.41) is 8.36. The summed E-state index contributed by atoms with van der Waals surface area (Å²) >= 11 is 1.67. The summed E-state index contributed by atoms with van der Waals surface area (Å²) in [6.45, 7) is 5.59. The van der Waals surface area contributed by atoms with E-state index in [9.17, 15) is 4.79 Å². The van der Waals surface area contributed by atoms with Gasteiger partial charge in [-0.2, -0.15) is 0 Å². The maximum Gasteiger partial charge on any atom is 0.407 e. The van der Waals surface area contributed by atoms with Gasteiger partial charge in [-0.3, -0.25) is 0 Å². The zero-order valence-corrected chi connectivity index (χ0v) is 13.4. The van der Waals surface area contributed by atoms with Crippen LogP contribution in [0, 0.1) is 0 Å². The van der Waals surface area contributed by atoms with Crippen molar-refractivity contribution in [2.75, 3.05) is 0 Å². The number of carbonyl (C=O) groups excluding carboxylic acids is 1. The summed E-state index contributed by atoms with van der Waals surface area (Å²) in [4.78, 5) is 12.0. The molecule has 0 saturated heterocycles. The normalized spacial score (nSPS) is 18.9. The van der Waals surface area contributed by atoms with Gasteiger partial charge in [-0.05, 0) is 38.2 Å². The van der Waals surface area contributed by atoms with E-state index in [4.69, 9.17) is 4.74 Å². The van der Waals surface area contributed by atoms with Crippen LogP contribution in [0.4, 0.5) is 4.79 Å². The lowest BCUT2D eigenvalue weighted by atomic mass is 10.1. The first-order valence-electron chi connectivity index (χ1n) is 7.04. The van der Waals surface area contributed by atoms with Gasteiger partial charge in [-0.1, -0.05) is 30.3 Å². The fourth-order valence-corrected chi connectivity index (χ4v) is 2.91. The molecular formula is C16H22N2O2S. The second-order valence-corrected chi connectivity index (χ2v) is 7.02. The molecule has 2 unspecified atom stereocenters. The number of carbonyl (C=O) groups is 1. The molecule has 2 N–H and O–H groups in total. The van der Waals surface area contributed by atoms with Crippen LogP contribution in [-0.4, -0.2) is 23.1 Å². The van der Waals surface area contributed by atoms with Crippen molar-refractivity contribution in [3.05, 3.63) is 47.5 Å². The molecule has 1 aliphatic rings. The minimum absolute atomic E-state index is 0.0396. The van der Waals surface area contributed by atoms with Gasteiger partial charge in [0.1, 0.15) is 5.60 Å². The van der Waals surface area contributed by atoms with Crippen molar-refractivity contribution in [2.24, 2.45) is 0 Å². The van der Waals surface area contributed by atoms with Crippen LogP contribution in [-0.2, 0) is 11.2 Å². The largest absolute Gasteiger partial charge is 0.444 e. The molecule has 1 aromatic rings. The molecule has 0 aromatic heterocycles. The molecule has 1 heterocycles. The Balaban J connectivity index is 2.00. The Morgan fingerprint density at radius 2 is 2.10 bits per heavy atom. The summed E-state index contributed by atoms with van der Waals surface area (Å²) in [5.41, 5.74) is 0.698. The Bertz CT molecular complexity index is 489. The SMILES string of the molecule is CC(C)(C)OC(=O)NC(Cc1ccccc1)C1NC=CS1. The van der Waals surface area contributed by atoms with Crippen LogP contribution >= 0.6 is 11.8 Å². The predicted octanol–water partition coefficient (Wildman–Crippen LogP) is 3.26. The van der Waals surface area contributed by atoms with Gasteiger partial charge in [0, 0.05) is 6.20 Å². The lowest BCUT2D eigenvalue weighted by Crippen LogP contribution is -2.48. The third-order valence-electron chi connectivity index (χ3n) is 2.92. The Labute approximate surface area is 130 Å². The molecule has 5 heteroatoms. The van der Waals surface area contributed by atoms with Crippen LogP contribution in [0.25, 0.3) is 0 Å². The number of hydrogen-bond donors (Lipinski definition) is 2. The first kappa shape index (κ1) is 15.8. The van der Waals surface area contributed by atoms with E-state index in [1.165, 1.54) is 5.56 Å². The zero-order valence-electron chi connectivity index (χ0n) is 12.6. The minimum Gasteiger partial charge on any atom is -0.444 e. The summed E-state index contributed by atoms with van der Waals surface area (Å²) in [6.07, 6.45) is 2.29. The van der Waals surface area contributed by atoms with Gasteiger partial charge in [0.15, 0.2) is 0 Å². The van der Waals surface area contributed by atoms with E-state index in [2.05, 4.69) is 22.8 Å². The van der Waals surface area contributed by atoms with Crippen molar-refractivity contribution in [3.63, 3.8) is 0 Å². The molecule has 2 rings (SSSR count). The monoisotopic (exact) mass is 306 g/mol. The summed E-state index contributed by atoms with van der Waals surface area (Å²) in [5.74, 6) is 0. The van der Waals surface area contributed by atoms with Gasteiger partial charge in [0.2, 0.25) is 0 Å². The van der Waals surface area contributed by atoms with E-state index in [0.717, 1.165) is 6.42 Å². The topological polar surface area (TPSA) is 50.4 Å². The molecule has 2 atom stereocenters. The Morgan fingerprint density at radius 1 is 1.38 bits per heavy atom. The van der Waals surface area contributed by atoms with E-state index in [-0.39, 0.29) is 17.5 Å². The van der Waals surface area contributed by atoms with Crippen molar-refractivity contribution >= 4 is 17.9 Å². The highest BCUT2D eigenvalue weighted by molar-refractivity contribution is 8.03. The number of hydrogen-bond acceptors (Lipinski definition) is 4. The minimum atomic E-state index is -0.490. The third-order valence-corrected chi connectivity index (χ3v) is 3.97. The average Bonchev–Trinajstić information content (AvgIpc) is 2.90. The molecule has 0 saturated carbocycles. The second-order valence-electron chi connectivity index (χ2n) is 5.97. The highest BCUT2D eigenvalue weighted by atomic mass is 32.2. The maximum absolute atomic E-state index is 12.0. The first-order chi connectivity index (χ1) is 9.94. The molecule has 114 valence electrons. The molecule has 1 amide bonds. The van der Waals surface area contributed by atoms with Gasteiger partial charge < -0.3 is 15.4 Å². The quantitative estimate of drug-likeness (QED) is 0.896. The average molecular weight is 306 g/mol. The molecule has 21 heavy (non-hydrogen) atoms. The Kier molecular flexibility index (Phi) is 5.17. The third kappa shape index (κ3) is 5.34. The number of alkyl carbamates (subject to hydrolysis) is 1. The molecule has 1 aliphatic heterocycles. The smallest absolute Gasteiger partial charge is 0.407 e. The molecule has 0 bridgehead atoms. The Hall–Kier alpha value is -1.62. The van der Waals surface area contributed by atoms with Crippen LogP contribution in [0.2, 0.25) is 0 Å². The molecule has 1 aromatic carbocycles.